The number of aryl methyl sites for hydroxylation is 1. The van der Waals surface area contributed by atoms with Crippen LogP contribution < -0.4 is 16.0 Å². The molecule has 2 aliphatic heterocycles. The predicted octanol–water partition coefficient (Wildman–Crippen LogP) is 2.03. The fraction of sp³-hybridized carbons (Fsp3) is 0.500. The van der Waals surface area contributed by atoms with Crippen LogP contribution in [0.3, 0.4) is 0 Å². The molecule has 0 amide bonds. The second kappa shape index (κ2) is 12.7. The summed E-state index contributed by atoms with van der Waals surface area (Å²) in [5.41, 5.74) is 8.00. The Morgan fingerprint density at radius 2 is 1.71 bits per heavy atom. The maximum Gasteiger partial charge on any atom is 0.343 e. The number of esters is 1. The number of ether oxygens (including phenoxy) is 5. The van der Waals surface area contributed by atoms with Gasteiger partial charge in [0.05, 0.1) is 68.7 Å². The lowest BCUT2D eigenvalue weighted by molar-refractivity contribution is -0.172. The summed E-state index contributed by atoms with van der Waals surface area (Å²) >= 11 is 0. The van der Waals surface area contributed by atoms with Gasteiger partial charge in [0.25, 0.3) is 5.56 Å². The van der Waals surface area contributed by atoms with Crippen molar-refractivity contribution in [2.45, 2.75) is 45.4 Å². The Bertz CT molecular complexity index is 1490. The van der Waals surface area contributed by atoms with Crippen molar-refractivity contribution in [2.24, 2.45) is 5.73 Å². The van der Waals surface area contributed by atoms with Gasteiger partial charge in [-0.15, -0.1) is 0 Å². The summed E-state index contributed by atoms with van der Waals surface area (Å²) in [6.07, 6.45) is 0.834. The Kier molecular flexibility index (Phi) is 9.00. The third-order valence-electron chi connectivity index (χ3n) is 7.63. The molecule has 3 aromatic rings. The number of nitrogens with two attached hydrogens (primary N) is 1. The summed E-state index contributed by atoms with van der Waals surface area (Å²) in [4.78, 5) is 30.9. The number of carbonyl (C=O) groups is 1. The molecule has 0 radical (unpaired) electrons. The van der Waals surface area contributed by atoms with Crippen molar-refractivity contribution in [3.05, 3.63) is 56.9 Å². The zero-order valence-corrected chi connectivity index (χ0v) is 23.6. The van der Waals surface area contributed by atoms with Crippen molar-refractivity contribution < 1.29 is 33.6 Å². The van der Waals surface area contributed by atoms with E-state index < -0.39 is 11.6 Å². The summed E-state index contributed by atoms with van der Waals surface area (Å²) in [6.45, 7) is 7.79. The van der Waals surface area contributed by atoms with E-state index in [0.717, 1.165) is 28.5 Å². The first-order valence-electron chi connectivity index (χ1n) is 14.1. The van der Waals surface area contributed by atoms with Gasteiger partial charge in [-0.25, -0.2) is 9.78 Å². The SMILES string of the molecule is CCc1c2c(nc3ccc(OCCOCCOCCOCCN)cc13)-c1cc3c(c(=O)n1C2)COC(=O)[C@]3(O)CC. The Labute approximate surface area is 238 Å². The van der Waals surface area contributed by atoms with Crippen molar-refractivity contribution in [3.63, 3.8) is 0 Å². The van der Waals surface area contributed by atoms with Crippen molar-refractivity contribution in [1.82, 2.24) is 9.55 Å². The van der Waals surface area contributed by atoms with E-state index in [2.05, 4.69) is 6.92 Å². The van der Waals surface area contributed by atoms with Crippen LogP contribution in [0.5, 0.6) is 5.75 Å². The van der Waals surface area contributed by atoms with Gasteiger partial charge < -0.3 is 39.1 Å². The van der Waals surface area contributed by atoms with E-state index in [1.54, 1.807) is 17.6 Å². The highest BCUT2D eigenvalue weighted by molar-refractivity contribution is 5.90. The Morgan fingerprint density at radius 1 is 1.00 bits per heavy atom. The van der Waals surface area contributed by atoms with Crippen LogP contribution in [0.15, 0.2) is 29.1 Å². The number of hydrogen-bond donors (Lipinski definition) is 2. The summed E-state index contributed by atoms with van der Waals surface area (Å²) in [5, 5.41) is 12.1. The maximum atomic E-state index is 13.5. The molecule has 0 unspecified atom stereocenters. The second-order valence-electron chi connectivity index (χ2n) is 10.0. The van der Waals surface area contributed by atoms with Crippen LogP contribution in [0.1, 0.15) is 42.5 Å². The van der Waals surface area contributed by atoms with Crippen LogP contribution in [0.2, 0.25) is 0 Å². The molecule has 11 nitrogen and oxygen atoms in total. The normalized spacial score (nSPS) is 17.3. The number of aliphatic hydroxyl groups is 1. The number of rotatable bonds is 14. The lowest BCUT2D eigenvalue weighted by atomic mass is 9.86. The molecule has 41 heavy (non-hydrogen) atoms. The quantitative estimate of drug-likeness (QED) is 0.172. The largest absolute Gasteiger partial charge is 0.491 e. The molecule has 0 bridgehead atoms. The third kappa shape index (κ3) is 5.60. The zero-order chi connectivity index (χ0) is 29.0. The van der Waals surface area contributed by atoms with Gasteiger partial charge >= 0.3 is 5.97 Å². The molecule has 3 N–H and O–H groups in total. The average molecular weight is 568 g/mol. The highest BCUT2D eigenvalue weighted by Gasteiger charge is 2.45. The number of nitrogens with zero attached hydrogens (tertiary/aromatic N) is 2. The first kappa shape index (κ1) is 29.2. The van der Waals surface area contributed by atoms with Gasteiger partial charge in [0.1, 0.15) is 19.0 Å². The molecule has 0 saturated heterocycles. The fourth-order valence-electron chi connectivity index (χ4n) is 5.48. The standard InChI is InChI=1S/C30H37N3O8/c1-3-20-21-15-19(40-14-13-39-12-11-38-10-9-37-8-7-31)5-6-25(21)32-27-22(20)17-33-26(27)16-24-23(28(33)34)18-41-29(35)30(24,36)4-2/h5-6,15-16,36H,3-4,7-14,17-18,31H2,1-2H3/t30-/m0/s1. The summed E-state index contributed by atoms with van der Waals surface area (Å²) in [6, 6.07) is 7.49. The molecule has 0 fully saturated rings. The molecule has 4 heterocycles. The molecule has 0 saturated carbocycles. The molecule has 5 rings (SSSR count). The van der Waals surface area contributed by atoms with Gasteiger partial charge in [-0.05, 0) is 42.7 Å². The summed E-state index contributed by atoms with van der Waals surface area (Å²) in [7, 11) is 0. The minimum atomic E-state index is -1.85. The van der Waals surface area contributed by atoms with Gasteiger partial charge in [0.2, 0.25) is 0 Å². The van der Waals surface area contributed by atoms with Crippen LogP contribution in [0, 0.1) is 0 Å². The smallest absolute Gasteiger partial charge is 0.343 e. The molecular formula is C30H37N3O8. The fourth-order valence-corrected chi connectivity index (χ4v) is 5.48. The molecule has 220 valence electrons. The number of cyclic esters (lactones) is 1. The van der Waals surface area contributed by atoms with E-state index in [0.29, 0.717) is 87.6 Å². The van der Waals surface area contributed by atoms with E-state index in [9.17, 15) is 14.7 Å². The van der Waals surface area contributed by atoms with Crippen molar-refractivity contribution in [1.29, 1.82) is 0 Å². The summed E-state index contributed by atoms with van der Waals surface area (Å²) < 4.78 is 29.1. The molecule has 2 aliphatic rings. The monoisotopic (exact) mass is 567 g/mol. The Morgan fingerprint density at radius 3 is 2.39 bits per heavy atom. The van der Waals surface area contributed by atoms with E-state index >= 15 is 0 Å². The van der Waals surface area contributed by atoms with Crippen molar-refractivity contribution >= 4 is 16.9 Å². The number of pyridine rings is 2. The van der Waals surface area contributed by atoms with Crippen molar-refractivity contribution in [2.75, 3.05) is 52.8 Å². The third-order valence-corrected chi connectivity index (χ3v) is 7.63. The molecule has 2 aromatic heterocycles. The topological polar surface area (TPSA) is 144 Å². The number of hydrogen-bond acceptors (Lipinski definition) is 10. The van der Waals surface area contributed by atoms with Crippen LogP contribution in [0.4, 0.5) is 0 Å². The van der Waals surface area contributed by atoms with Gasteiger partial charge in [-0.1, -0.05) is 13.8 Å². The number of benzene rings is 1. The first-order chi connectivity index (χ1) is 19.9. The Hall–Kier alpha value is -3.35. The molecular weight excluding hydrogens is 530 g/mol. The average Bonchev–Trinajstić information content (AvgIpc) is 3.35. The second-order valence-corrected chi connectivity index (χ2v) is 10.0. The minimum Gasteiger partial charge on any atom is -0.491 e. The minimum absolute atomic E-state index is 0.104. The van der Waals surface area contributed by atoms with E-state index in [1.165, 1.54) is 0 Å². The van der Waals surface area contributed by atoms with Gasteiger partial charge in [0, 0.05) is 23.1 Å². The number of aromatic nitrogens is 2. The molecule has 0 aliphatic carbocycles. The predicted molar refractivity (Wildman–Crippen MR) is 151 cm³/mol. The number of carbonyl (C=O) groups excluding carboxylic acids is 1. The highest BCUT2D eigenvalue weighted by atomic mass is 16.6. The lowest BCUT2D eigenvalue weighted by Crippen LogP contribution is -2.44. The van der Waals surface area contributed by atoms with E-state index in [1.807, 2.05) is 18.2 Å². The van der Waals surface area contributed by atoms with E-state index in [4.69, 9.17) is 34.4 Å². The molecule has 11 heteroatoms. The van der Waals surface area contributed by atoms with Gasteiger partial charge in [0.15, 0.2) is 5.60 Å². The van der Waals surface area contributed by atoms with Crippen LogP contribution in [0.25, 0.3) is 22.3 Å². The molecule has 1 aromatic carbocycles. The van der Waals surface area contributed by atoms with Crippen molar-refractivity contribution in [3.8, 4) is 17.1 Å². The maximum absolute atomic E-state index is 13.5. The number of fused-ring (bicyclic) bond motifs is 5. The summed E-state index contributed by atoms with van der Waals surface area (Å²) in [5.74, 6) is -0.0242. The van der Waals surface area contributed by atoms with Crippen LogP contribution >= 0.6 is 0 Å². The first-order valence-corrected chi connectivity index (χ1v) is 14.1. The van der Waals surface area contributed by atoms with Crippen LogP contribution in [-0.2, 0) is 48.9 Å². The van der Waals surface area contributed by atoms with Crippen LogP contribution in [-0.4, -0.2) is 73.4 Å². The lowest BCUT2D eigenvalue weighted by Gasteiger charge is -2.31. The molecule has 1 atom stereocenters. The molecule has 0 spiro atoms. The van der Waals surface area contributed by atoms with Gasteiger partial charge in [-0.2, -0.15) is 0 Å². The Balaban J connectivity index is 1.30. The van der Waals surface area contributed by atoms with E-state index in [-0.39, 0.29) is 18.6 Å². The zero-order valence-electron chi connectivity index (χ0n) is 23.6. The van der Waals surface area contributed by atoms with Gasteiger partial charge in [-0.3, -0.25) is 4.79 Å². The highest BCUT2D eigenvalue weighted by Crippen LogP contribution is 2.40.